The quantitative estimate of drug-likeness (QED) is 0.557. The topological polar surface area (TPSA) is 122 Å². The minimum atomic E-state index is -4.77. The van der Waals surface area contributed by atoms with E-state index in [0.29, 0.717) is 0 Å². The van der Waals surface area contributed by atoms with Crippen LogP contribution in [0.1, 0.15) is 6.42 Å². The van der Waals surface area contributed by atoms with Gasteiger partial charge >= 0.3 is 10.2 Å². The molecule has 0 aromatic carbocycles. The molecule has 11 heteroatoms. The number of anilines is 2. The van der Waals surface area contributed by atoms with Gasteiger partial charge in [-0.05, 0) is 12.2 Å². The van der Waals surface area contributed by atoms with Crippen molar-refractivity contribution in [2.24, 2.45) is 0 Å². The Morgan fingerprint density at radius 3 is 2.67 bits per heavy atom. The number of aromatic amines is 1. The molecule has 0 radical (unpaired) electrons. The van der Waals surface area contributed by atoms with Crippen molar-refractivity contribution < 1.29 is 17.1 Å². The molecule has 0 saturated carbocycles. The number of hydrogen-bond donors (Lipinski definition) is 2. The van der Waals surface area contributed by atoms with Crippen LogP contribution in [0.25, 0.3) is 0 Å². The summed E-state index contributed by atoms with van der Waals surface area (Å²) in [5.41, 5.74) is 5.39. The zero-order valence-corrected chi connectivity index (χ0v) is 10.5. The Bertz CT molecular complexity index is 657. The van der Waals surface area contributed by atoms with Crippen molar-refractivity contribution in [2.45, 2.75) is 11.7 Å². The van der Waals surface area contributed by atoms with Crippen molar-refractivity contribution in [3.63, 3.8) is 0 Å². The Balaban J connectivity index is 2.35. The third-order valence-electron chi connectivity index (χ3n) is 2.40. The highest BCUT2D eigenvalue weighted by Gasteiger charge is 2.40. The first-order valence-corrected chi connectivity index (χ1v) is 6.60. The number of nitrogens with two attached hydrogens (primary N) is 1. The summed E-state index contributed by atoms with van der Waals surface area (Å²) < 4.78 is 34.2. The van der Waals surface area contributed by atoms with Gasteiger partial charge in [0.1, 0.15) is 5.25 Å². The van der Waals surface area contributed by atoms with Crippen molar-refractivity contribution in [3.8, 4) is 0 Å². The molecule has 2 rings (SSSR count). The summed E-state index contributed by atoms with van der Waals surface area (Å²) in [5.74, 6) is -0.682. The monoisotopic (exact) mass is 293 g/mol. The molecule has 1 fully saturated rings. The lowest BCUT2D eigenvalue weighted by molar-refractivity contribution is -0.117. The largest absolute Gasteiger partial charge is 0.369 e. The molecule has 1 unspecified atom stereocenters. The third kappa shape index (κ3) is 2.46. The van der Waals surface area contributed by atoms with Crippen molar-refractivity contribution in [2.75, 3.05) is 17.2 Å². The fourth-order valence-electron chi connectivity index (χ4n) is 1.59. The fraction of sp³-hybridized carbons (Fsp3) is 0.429. The summed E-state index contributed by atoms with van der Waals surface area (Å²) in [4.78, 5) is 22.4. The van der Waals surface area contributed by atoms with Crippen LogP contribution in [0, 0.1) is 4.77 Å². The minimum Gasteiger partial charge on any atom is -0.369 e. The maximum atomic E-state index is 12.8. The molecule has 2 heterocycles. The van der Waals surface area contributed by atoms with Crippen molar-refractivity contribution in [1.82, 2.24) is 15.0 Å². The maximum Gasteiger partial charge on any atom is 0.307 e. The van der Waals surface area contributed by atoms with Crippen LogP contribution in [-0.2, 0) is 15.0 Å². The predicted molar refractivity (Wildman–Crippen MR) is 62.4 cm³/mol. The molecule has 1 aliphatic heterocycles. The zero-order valence-electron chi connectivity index (χ0n) is 8.83. The molecule has 1 aromatic rings. The van der Waals surface area contributed by atoms with Gasteiger partial charge in [0.2, 0.25) is 22.6 Å². The third-order valence-corrected chi connectivity index (χ3v) is 3.70. The van der Waals surface area contributed by atoms with Gasteiger partial charge in [0.15, 0.2) is 0 Å². The van der Waals surface area contributed by atoms with Crippen LogP contribution in [0.5, 0.6) is 0 Å². The molecule has 0 aliphatic carbocycles. The molecule has 98 valence electrons. The number of aromatic nitrogens is 3. The molecule has 18 heavy (non-hydrogen) atoms. The van der Waals surface area contributed by atoms with Gasteiger partial charge in [-0.15, -0.1) is 3.89 Å². The summed E-state index contributed by atoms with van der Waals surface area (Å²) in [7, 11) is -4.77. The van der Waals surface area contributed by atoms with E-state index < -0.39 is 27.8 Å². The number of halogens is 1. The van der Waals surface area contributed by atoms with Gasteiger partial charge in [0, 0.05) is 13.0 Å². The molecule has 1 saturated heterocycles. The lowest BCUT2D eigenvalue weighted by Crippen LogP contribution is -2.29. The number of rotatable bonds is 2. The smallest absolute Gasteiger partial charge is 0.307 e. The van der Waals surface area contributed by atoms with E-state index in [2.05, 4.69) is 15.0 Å². The SMILES string of the molecule is Nc1nc(=S)nc(N2CC(S(=O)(=O)F)CC2=O)[nH]1. The van der Waals surface area contributed by atoms with Crippen molar-refractivity contribution in [1.29, 1.82) is 0 Å². The van der Waals surface area contributed by atoms with E-state index in [1.54, 1.807) is 0 Å². The molecule has 8 nitrogen and oxygen atoms in total. The first-order chi connectivity index (χ1) is 8.27. The summed E-state index contributed by atoms with van der Waals surface area (Å²) >= 11 is 4.71. The number of nitrogens with one attached hydrogen (secondary N) is 1. The average Bonchev–Trinajstić information content (AvgIpc) is 2.58. The fourth-order valence-corrected chi connectivity index (χ4v) is 2.44. The van der Waals surface area contributed by atoms with E-state index >= 15 is 0 Å². The number of carbonyl (C=O) groups excluding carboxylic acids is 1. The highest BCUT2D eigenvalue weighted by molar-refractivity contribution is 7.87. The summed E-state index contributed by atoms with van der Waals surface area (Å²) in [6.07, 6.45) is -0.441. The van der Waals surface area contributed by atoms with Gasteiger partial charge in [-0.2, -0.15) is 18.4 Å². The minimum absolute atomic E-state index is 0.0383. The van der Waals surface area contributed by atoms with Crippen LogP contribution in [-0.4, -0.2) is 41.1 Å². The lowest BCUT2D eigenvalue weighted by Gasteiger charge is -2.14. The number of H-pyrrole nitrogens is 1. The van der Waals surface area contributed by atoms with Gasteiger partial charge in [0.05, 0.1) is 0 Å². The van der Waals surface area contributed by atoms with Crippen LogP contribution in [0.2, 0.25) is 0 Å². The zero-order chi connectivity index (χ0) is 13.5. The first kappa shape index (κ1) is 12.8. The average molecular weight is 293 g/mol. The van der Waals surface area contributed by atoms with Gasteiger partial charge in [-0.25, -0.2) is 0 Å². The van der Waals surface area contributed by atoms with Crippen LogP contribution >= 0.6 is 12.2 Å². The Morgan fingerprint density at radius 2 is 2.17 bits per heavy atom. The van der Waals surface area contributed by atoms with Crippen molar-refractivity contribution >= 4 is 40.2 Å². The molecule has 1 amide bonds. The van der Waals surface area contributed by atoms with Gasteiger partial charge in [0.25, 0.3) is 0 Å². The Kier molecular flexibility index (Phi) is 3.02. The summed E-state index contributed by atoms with van der Waals surface area (Å²) in [5, 5.41) is -1.40. The Hall–Kier alpha value is -1.62. The van der Waals surface area contributed by atoms with Crippen LogP contribution in [0.3, 0.4) is 0 Å². The molecular formula is C7H8FN5O3S2. The number of hydrogen-bond acceptors (Lipinski definition) is 7. The van der Waals surface area contributed by atoms with E-state index in [-0.39, 0.29) is 23.2 Å². The molecule has 1 atom stereocenters. The second kappa shape index (κ2) is 4.24. The Labute approximate surface area is 106 Å². The summed E-state index contributed by atoms with van der Waals surface area (Å²) in [6, 6.07) is 0. The van der Waals surface area contributed by atoms with Gasteiger partial charge in [-0.1, -0.05) is 0 Å². The predicted octanol–water partition coefficient (Wildman–Crippen LogP) is -0.479. The first-order valence-electron chi connectivity index (χ1n) is 4.75. The Morgan fingerprint density at radius 1 is 1.50 bits per heavy atom. The molecule has 0 bridgehead atoms. The number of amides is 1. The molecule has 0 spiro atoms. The number of nitrogens with zero attached hydrogens (tertiary/aromatic N) is 3. The molecule has 1 aromatic heterocycles. The number of nitrogen functional groups attached to an aromatic ring is 1. The highest BCUT2D eigenvalue weighted by Crippen LogP contribution is 2.23. The highest BCUT2D eigenvalue weighted by atomic mass is 32.3. The van der Waals surface area contributed by atoms with E-state index in [9.17, 15) is 17.1 Å². The second-order valence-electron chi connectivity index (χ2n) is 3.65. The molecule has 1 aliphatic rings. The van der Waals surface area contributed by atoms with Gasteiger partial charge in [-0.3, -0.25) is 14.7 Å². The molecule has 3 N–H and O–H groups in total. The summed E-state index contributed by atoms with van der Waals surface area (Å²) in [6.45, 7) is -0.334. The van der Waals surface area contributed by atoms with E-state index in [1.807, 2.05) is 0 Å². The normalized spacial score (nSPS) is 20.4. The molecular weight excluding hydrogens is 285 g/mol. The van der Waals surface area contributed by atoms with Crippen molar-refractivity contribution in [3.05, 3.63) is 4.77 Å². The van der Waals surface area contributed by atoms with Gasteiger partial charge < -0.3 is 5.73 Å². The maximum absolute atomic E-state index is 12.8. The van der Waals surface area contributed by atoms with E-state index in [4.69, 9.17) is 18.0 Å². The number of carbonyl (C=O) groups is 1. The van der Waals surface area contributed by atoms with E-state index in [0.717, 1.165) is 4.90 Å². The lowest BCUT2D eigenvalue weighted by atomic mass is 10.4. The van der Waals surface area contributed by atoms with Crippen LogP contribution in [0.4, 0.5) is 15.8 Å². The standard InChI is InChI=1S/C7H8FN5O3S2/c8-18(15,16)3-1-4(14)13(2-3)6-10-5(9)11-7(17)12-6/h3H,1-2H2,(H3,9,10,11,12,17). The second-order valence-corrected chi connectivity index (χ2v) is 5.63. The van der Waals surface area contributed by atoms with Crippen LogP contribution < -0.4 is 10.6 Å². The van der Waals surface area contributed by atoms with Crippen LogP contribution in [0.15, 0.2) is 0 Å². The van der Waals surface area contributed by atoms with E-state index in [1.165, 1.54) is 0 Å².